The highest BCUT2D eigenvalue weighted by molar-refractivity contribution is 6.05. The van der Waals surface area contributed by atoms with Crippen molar-refractivity contribution in [3.8, 4) is 0 Å². The Morgan fingerprint density at radius 3 is 2.81 bits per heavy atom. The van der Waals surface area contributed by atoms with Crippen LogP contribution in [-0.4, -0.2) is 33.0 Å². The molecule has 0 fully saturated rings. The molecule has 1 aromatic heterocycles. The molecule has 1 aromatic carbocycles. The summed E-state index contributed by atoms with van der Waals surface area (Å²) in [5.41, 5.74) is 8.51. The molecule has 0 aliphatic carbocycles. The van der Waals surface area contributed by atoms with Gasteiger partial charge >= 0.3 is 0 Å². The predicted molar refractivity (Wildman–Crippen MR) is 78.6 cm³/mol. The van der Waals surface area contributed by atoms with Crippen LogP contribution in [0, 0.1) is 0 Å². The van der Waals surface area contributed by atoms with Crippen molar-refractivity contribution in [1.82, 2.24) is 15.1 Å². The van der Waals surface area contributed by atoms with Crippen molar-refractivity contribution in [2.24, 2.45) is 5.73 Å². The third-order valence-electron chi connectivity index (χ3n) is 4.05. The number of carbonyl (C=O) groups excluding carboxylic acids is 2. The SMILES string of the molecule is CC(C)N1Cc2c(ccc3[nH]nc(C(N)=O)c23)CCC1=O. The van der Waals surface area contributed by atoms with Crippen LogP contribution >= 0.6 is 0 Å². The number of amides is 2. The molecule has 6 nitrogen and oxygen atoms in total. The molecule has 0 spiro atoms. The lowest BCUT2D eigenvalue weighted by Gasteiger charge is -2.25. The second-order valence-electron chi connectivity index (χ2n) is 5.68. The van der Waals surface area contributed by atoms with Crippen molar-refractivity contribution in [3.63, 3.8) is 0 Å². The Morgan fingerprint density at radius 2 is 2.14 bits per heavy atom. The number of H-pyrrole nitrogens is 1. The van der Waals surface area contributed by atoms with E-state index in [1.807, 2.05) is 30.9 Å². The first-order chi connectivity index (χ1) is 9.99. The average Bonchev–Trinajstić information content (AvgIpc) is 2.78. The van der Waals surface area contributed by atoms with Crippen molar-refractivity contribution >= 4 is 22.7 Å². The normalized spacial score (nSPS) is 15.4. The van der Waals surface area contributed by atoms with Crippen LogP contribution in [0.3, 0.4) is 0 Å². The van der Waals surface area contributed by atoms with Gasteiger partial charge in [0, 0.05) is 24.4 Å². The van der Waals surface area contributed by atoms with E-state index in [4.69, 9.17) is 5.73 Å². The van der Waals surface area contributed by atoms with Crippen molar-refractivity contribution in [2.75, 3.05) is 0 Å². The second-order valence-corrected chi connectivity index (χ2v) is 5.68. The highest BCUT2D eigenvalue weighted by Gasteiger charge is 2.26. The molecule has 0 bridgehead atoms. The molecule has 2 heterocycles. The van der Waals surface area contributed by atoms with Gasteiger partial charge in [-0.25, -0.2) is 0 Å². The van der Waals surface area contributed by atoms with Crippen LogP contribution in [0.15, 0.2) is 12.1 Å². The van der Waals surface area contributed by atoms with Gasteiger partial charge in [-0.15, -0.1) is 0 Å². The molecule has 3 N–H and O–H groups in total. The fraction of sp³-hybridized carbons (Fsp3) is 0.400. The van der Waals surface area contributed by atoms with E-state index in [1.165, 1.54) is 0 Å². The summed E-state index contributed by atoms with van der Waals surface area (Å²) < 4.78 is 0. The molecule has 6 heteroatoms. The largest absolute Gasteiger partial charge is 0.364 e. The number of hydrogen-bond donors (Lipinski definition) is 2. The van der Waals surface area contributed by atoms with Gasteiger partial charge in [0.25, 0.3) is 5.91 Å². The second kappa shape index (κ2) is 4.87. The summed E-state index contributed by atoms with van der Waals surface area (Å²) in [6, 6.07) is 4.00. The summed E-state index contributed by atoms with van der Waals surface area (Å²) in [4.78, 5) is 25.7. The molecular formula is C15H18N4O2. The number of rotatable bonds is 2. The molecule has 21 heavy (non-hydrogen) atoms. The van der Waals surface area contributed by atoms with Crippen molar-refractivity contribution in [3.05, 3.63) is 29.0 Å². The molecule has 1 aliphatic heterocycles. The van der Waals surface area contributed by atoms with Crippen LogP contribution in [0.5, 0.6) is 0 Å². The first kappa shape index (κ1) is 13.6. The van der Waals surface area contributed by atoms with E-state index >= 15 is 0 Å². The molecular weight excluding hydrogens is 268 g/mol. The number of aromatic amines is 1. The average molecular weight is 286 g/mol. The minimum absolute atomic E-state index is 0.114. The van der Waals surface area contributed by atoms with E-state index in [0.717, 1.165) is 22.0 Å². The molecule has 110 valence electrons. The maximum absolute atomic E-state index is 12.2. The van der Waals surface area contributed by atoms with E-state index in [-0.39, 0.29) is 17.6 Å². The van der Waals surface area contributed by atoms with Gasteiger partial charge in [0.1, 0.15) is 0 Å². The van der Waals surface area contributed by atoms with Crippen LogP contribution in [-0.2, 0) is 17.8 Å². The number of carbonyl (C=O) groups is 2. The molecule has 2 aromatic rings. The minimum atomic E-state index is -0.554. The van der Waals surface area contributed by atoms with Crippen LogP contribution < -0.4 is 5.73 Å². The van der Waals surface area contributed by atoms with Gasteiger partial charge in [-0.1, -0.05) is 6.07 Å². The van der Waals surface area contributed by atoms with Crippen LogP contribution in [0.25, 0.3) is 10.9 Å². The van der Waals surface area contributed by atoms with Gasteiger partial charge < -0.3 is 10.6 Å². The topological polar surface area (TPSA) is 92.1 Å². The number of aryl methyl sites for hydroxylation is 1. The molecule has 2 amide bonds. The Morgan fingerprint density at radius 1 is 1.38 bits per heavy atom. The lowest BCUT2D eigenvalue weighted by molar-refractivity contribution is -0.133. The predicted octanol–water partition coefficient (Wildman–Crippen LogP) is 1.35. The van der Waals surface area contributed by atoms with E-state index in [0.29, 0.717) is 19.4 Å². The standard InChI is InChI=1S/C15H18N4O2/c1-8(2)19-7-10-9(4-6-12(19)20)3-5-11-13(10)14(15(16)21)18-17-11/h3,5,8H,4,6-7H2,1-2H3,(H2,16,21)(H,17,18). The summed E-state index contributed by atoms with van der Waals surface area (Å²) >= 11 is 0. The summed E-state index contributed by atoms with van der Waals surface area (Å²) in [6.07, 6.45) is 1.16. The highest BCUT2D eigenvalue weighted by Crippen LogP contribution is 2.29. The number of nitrogens with zero attached hydrogens (tertiary/aromatic N) is 2. The molecule has 0 radical (unpaired) electrons. The van der Waals surface area contributed by atoms with E-state index in [1.54, 1.807) is 0 Å². The number of hydrogen-bond acceptors (Lipinski definition) is 3. The zero-order valence-corrected chi connectivity index (χ0v) is 12.1. The van der Waals surface area contributed by atoms with Crippen LogP contribution in [0.4, 0.5) is 0 Å². The Kier molecular flexibility index (Phi) is 3.16. The van der Waals surface area contributed by atoms with Gasteiger partial charge in [0.15, 0.2) is 5.69 Å². The lowest BCUT2D eigenvalue weighted by Crippen LogP contribution is -2.35. The maximum atomic E-state index is 12.2. The van der Waals surface area contributed by atoms with Gasteiger partial charge in [0.05, 0.1) is 5.52 Å². The van der Waals surface area contributed by atoms with Crippen molar-refractivity contribution in [1.29, 1.82) is 0 Å². The summed E-state index contributed by atoms with van der Waals surface area (Å²) in [6.45, 7) is 4.48. The van der Waals surface area contributed by atoms with Crippen molar-refractivity contribution in [2.45, 2.75) is 39.3 Å². The molecule has 0 saturated heterocycles. The molecule has 0 atom stereocenters. The zero-order valence-electron chi connectivity index (χ0n) is 12.1. The first-order valence-electron chi connectivity index (χ1n) is 7.07. The van der Waals surface area contributed by atoms with Gasteiger partial charge in [-0.3, -0.25) is 14.7 Å². The molecule has 0 saturated carbocycles. The number of nitrogens with two attached hydrogens (primary N) is 1. The van der Waals surface area contributed by atoms with Crippen LogP contribution in [0.1, 0.15) is 41.9 Å². The number of benzene rings is 1. The quantitative estimate of drug-likeness (QED) is 0.872. The van der Waals surface area contributed by atoms with Crippen molar-refractivity contribution < 1.29 is 9.59 Å². The Bertz CT molecular complexity index is 733. The number of primary amides is 1. The summed E-state index contributed by atoms with van der Waals surface area (Å²) in [7, 11) is 0. The fourth-order valence-corrected chi connectivity index (χ4v) is 2.93. The molecule has 1 aliphatic rings. The van der Waals surface area contributed by atoms with Gasteiger partial charge in [-0.2, -0.15) is 5.10 Å². The maximum Gasteiger partial charge on any atom is 0.269 e. The lowest BCUT2D eigenvalue weighted by atomic mass is 9.98. The van der Waals surface area contributed by atoms with E-state index in [2.05, 4.69) is 10.2 Å². The van der Waals surface area contributed by atoms with Crippen LogP contribution in [0.2, 0.25) is 0 Å². The Balaban J connectivity index is 2.22. The van der Waals surface area contributed by atoms with Gasteiger partial charge in [0.2, 0.25) is 5.91 Å². The Hall–Kier alpha value is -2.37. The first-order valence-corrected chi connectivity index (χ1v) is 7.07. The third kappa shape index (κ3) is 2.16. The number of aromatic nitrogens is 2. The number of nitrogens with one attached hydrogen (secondary N) is 1. The number of fused-ring (bicyclic) bond motifs is 3. The fourth-order valence-electron chi connectivity index (χ4n) is 2.93. The summed E-state index contributed by atoms with van der Waals surface area (Å²) in [5, 5.41) is 7.61. The zero-order chi connectivity index (χ0) is 15.1. The smallest absolute Gasteiger partial charge is 0.269 e. The highest BCUT2D eigenvalue weighted by atomic mass is 16.2. The molecule has 3 rings (SSSR count). The Labute approximate surface area is 122 Å². The minimum Gasteiger partial charge on any atom is -0.364 e. The van der Waals surface area contributed by atoms with E-state index in [9.17, 15) is 9.59 Å². The molecule has 0 unspecified atom stereocenters. The summed E-state index contributed by atoms with van der Waals surface area (Å²) in [5.74, 6) is -0.417. The van der Waals surface area contributed by atoms with Gasteiger partial charge in [-0.05, 0) is 37.5 Å². The monoisotopic (exact) mass is 286 g/mol. The third-order valence-corrected chi connectivity index (χ3v) is 4.05. The van der Waals surface area contributed by atoms with E-state index < -0.39 is 5.91 Å².